The fourth-order valence-corrected chi connectivity index (χ4v) is 3.01. The Kier molecular flexibility index (Phi) is 3.13. The van der Waals surface area contributed by atoms with Crippen LogP contribution in [0.2, 0.25) is 0 Å². The quantitative estimate of drug-likeness (QED) is 0.611. The monoisotopic (exact) mass is 272 g/mol. The van der Waals surface area contributed by atoms with Crippen molar-refractivity contribution in [3.8, 4) is 6.07 Å². The topological polar surface area (TPSA) is 84.0 Å². The Morgan fingerprint density at radius 3 is 2.25 bits per heavy atom. The molecule has 5 heteroatoms. The van der Waals surface area contributed by atoms with Gasteiger partial charge in [-0.3, -0.25) is 14.9 Å². The lowest BCUT2D eigenvalue weighted by Gasteiger charge is -2.51. The molecule has 0 amide bonds. The molecule has 0 heterocycles. The number of nitro groups is 1. The van der Waals surface area contributed by atoms with Gasteiger partial charge in [0.05, 0.1) is 11.0 Å². The molecular weight excluding hydrogens is 256 g/mol. The molecule has 2 atom stereocenters. The van der Waals surface area contributed by atoms with Crippen molar-refractivity contribution in [3.05, 3.63) is 39.9 Å². The third kappa shape index (κ3) is 1.80. The second kappa shape index (κ2) is 4.41. The predicted octanol–water partition coefficient (Wildman–Crippen LogP) is 3.21. The maximum absolute atomic E-state index is 12.1. The van der Waals surface area contributed by atoms with Crippen molar-refractivity contribution in [2.24, 2.45) is 10.8 Å². The number of hydrogen-bond acceptors (Lipinski definition) is 4. The van der Waals surface area contributed by atoms with Crippen LogP contribution in [-0.2, 0) is 4.79 Å². The van der Waals surface area contributed by atoms with E-state index in [1.54, 1.807) is 12.1 Å². The highest BCUT2D eigenvalue weighted by Gasteiger charge is 2.62. The number of non-ortho nitro benzene ring substituents is 1. The Balaban J connectivity index is 2.41. The fourth-order valence-electron chi connectivity index (χ4n) is 3.01. The Morgan fingerprint density at radius 1 is 1.35 bits per heavy atom. The summed E-state index contributed by atoms with van der Waals surface area (Å²) in [4.78, 5) is 22.3. The van der Waals surface area contributed by atoms with Crippen molar-refractivity contribution in [3.63, 3.8) is 0 Å². The fraction of sp³-hybridized carbons (Fsp3) is 0.467. The molecule has 1 aliphatic rings. The van der Waals surface area contributed by atoms with Gasteiger partial charge in [-0.2, -0.15) is 5.26 Å². The zero-order valence-corrected chi connectivity index (χ0v) is 11.7. The molecule has 0 unspecified atom stereocenters. The molecule has 0 aromatic heterocycles. The summed E-state index contributed by atoms with van der Waals surface area (Å²) < 4.78 is 0. The summed E-state index contributed by atoms with van der Waals surface area (Å²) in [6, 6.07) is 8.34. The van der Waals surface area contributed by atoms with Gasteiger partial charge >= 0.3 is 0 Å². The van der Waals surface area contributed by atoms with Gasteiger partial charge in [-0.25, -0.2) is 0 Å². The van der Waals surface area contributed by atoms with E-state index in [9.17, 15) is 20.2 Å². The first-order chi connectivity index (χ1) is 9.24. The van der Waals surface area contributed by atoms with Crippen LogP contribution < -0.4 is 0 Å². The Bertz CT molecular complexity index is 607. The van der Waals surface area contributed by atoms with Gasteiger partial charge < -0.3 is 0 Å². The minimum atomic E-state index is -1.04. The maximum atomic E-state index is 12.1. The van der Waals surface area contributed by atoms with E-state index in [1.807, 2.05) is 20.8 Å². The van der Waals surface area contributed by atoms with Crippen LogP contribution in [0.25, 0.3) is 0 Å². The highest BCUT2D eigenvalue weighted by Crippen LogP contribution is 2.59. The molecule has 1 aliphatic carbocycles. The molecule has 0 spiro atoms. The molecule has 20 heavy (non-hydrogen) atoms. The van der Waals surface area contributed by atoms with E-state index >= 15 is 0 Å². The molecule has 104 valence electrons. The molecule has 0 N–H and O–H groups in total. The normalized spacial score (nSPS) is 25.7. The lowest BCUT2D eigenvalue weighted by Crippen LogP contribution is -2.55. The largest absolute Gasteiger partial charge is 0.298 e. The van der Waals surface area contributed by atoms with Crippen molar-refractivity contribution in [2.45, 2.75) is 33.1 Å². The Morgan fingerprint density at radius 2 is 1.90 bits per heavy atom. The molecule has 1 fully saturated rings. The summed E-state index contributed by atoms with van der Waals surface area (Å²) in [5.41, 5.74) is -0.684. The molecule has 1 saturated carbocycles. The minimum absolute atomic E-state index is 0.0118. The van der Waals surface area contributed by atoms with Crippen LogP contribution >= 0.6 is 0 Å². The zero-order chi connectivity index (χ0) is 15.1. The van der Waals surface area contributed by atoms with Crippen LogP contribution in [0.5, 0.6) is 0 Å². The SMILES string of the molecule is CC(C)(C)[C@]1(C#N)C(=O)C[C@H]1c1ccc([N+](=O)[O-])cc1. The third-order valence-corrected chi connectivity index (χ3v) is 4.22. The summed E-state index contributed by atoms with van der Waals surface area (Å²) in [7, 11) is 0. The van der Waals surface area contributed by atoms with E-state index in [2.05, 4.69) is 6.07 Å². The predicted molar refractivity (Wildman–Crippen MR) is 73.0 cm³/mol. The van der Waals surface area contributed by atoms with Gasteiger partial charge in [-0.1, -0.05) is 32.9 Å². The number of ketones is 1. The van der Waals surface area contributed by atoms with E-state index < -0.39 is 15.8 Å². The molecule has 0 bridgehead atoms. The first kappa shape index (κ1) is 14.2. The number of hydrogen-bond donors (Lipinski definition) is 0. The van der Waals surface area contributed by atoms with Gasteiger partial charge in [-0.05, 0) is 11.0 Å². The third-order valence-electron chi connectivity index (χ3n) is 4.22. The van der Waals surface area contributed by atoms with Crippen LogP contribution in [0.4, 0.5) is 5.69 Å². The van der Waals surface area contributed by atoms with E-state index in [0.29, 0.717) is 6.42 Å². The van der Waals surface area contributed by atoms with E-state index in [-0.39, 0.29) is 17.4 Å². The first-order valence-electron chi connectivity index (χ1n) is 6.43. The molecule has 1 aromatic carbocycles. The molecule has 1 aromatic rings. The van der Waals surface area contributed by atoms with Gasteiger partial charge in [0.1, 0.15) is 5.41 Å². The highest BCUT2D eigenvalue weighted by atomic mass is 16.6. The number of rotatable bonds is 2. The average Bonchev–Trinajstić information content (AvgIpc) is 2.35. The smallest absolute Gasteiger partial charge is 0.269 e. The number of nitriles is 1. The molecule has 0 radical (unpaired) electrons. The van der Waals surface area contributed by atoms with Crippen LogP contribution in [0.1, 0.15) is 38.7 Å². The van der Waals surface area contributed by atoms with Crippen molar-refractivity contribution in [1.29, 1.82) is 5.26 Å². The highest BCUT2D eigenvalue weighted by molar-refractivity contribution is 5.97. The number of carbonyl (C=O) groups excluding carboxylic acids is 1. The Hall–Kier alpha value is -2.22. The van der Waals surface area contributed by atoms with Crippen molar-refractivity contribution < 1.29 is 9.72 Å². The summed E-state index contributed by atoms with van der Waals surface area (Å²) in [6.07, 6.45) is 0.322. The molecular formula is C15H16N2O3. The standard InChI is InChI=1S/C15H16N2O3/c1-14(2,3)15(9-16)12(8-13(15)18)10-4-6-11(7-5-10)17(19)20/h4-7,12H,8H2,1-3H3/t12-,15-/m0/s1. The summed E-state index contributed by atoms with van der Waals surface area (Å²) in [6.45, 7) is 5.64. The lowest BCUT2D eigenvalue weighted by molar-refractivity contribution is -0.384. The van der Waals surface area contributed by atoms with Crippen LogP contribution in [0.15, 0.2) is 24.3 Å². The molecule has 0 aliphatic heterocycles. The van der Waals surface area contributed by atoms with Gasteiger partial charge in [-0.15, -0.1) is 0 Å². The zero-order valence-electron chi connectivity index (χ0n) is 11.7. The Labute approximate surface area is 117 Å². The van der Waals surface area contributed by atoms with Crippen LogP contribution in [0, 0.1) is 32.3 Å². The van der Waals surface area contributed by atoms with E-state index in [1.165, 1.54) is 12.1 Å². The summed E-state index contributed by atoms with van der Waals surface area (Å²) >= 11 is 0. The summed E-state index contributed by atoms with van der Waals surface area (Å²) in [5, 5.41) is 20.2. The van der Waals surface area contributed by atoms with Gasteiger partial charge in [0.25, 0.3) is 5.69 Å². The number of nitrogens with zero attached hydrogens (tertiary/aromatic N) is 2. The van der Waals surface area contributed by atoms with Crippen LogP contribution in [-0.4, -0.2) is 10.7 Å². The van der Waals surface area contributed by atoms with Crippen molar-refractivity contribution >= 4 is 11.5 Å². The maximum Gasteiger partial charge on any atom is 0.269 e. The van der Waals surface area contributed by atoms with E-state index in [4.69, 9.17) is 0 Å². The number of benzene rings is 1. The minimum Gasteiger partial charge on any atom is -0.298 e. The number of nitro benzene ring substituents is 1. The second-order valence-electron chi connectivity index (χ2n) is 6.20. The lowest BCUT2D eigenvalue weighted by atomic mass is 9.47. The number of carbonyl (C=O) groups is 1. The molecule has 0 saturated heterocycles. The summed E-state index contributed by atoms with van der Waals surface area (Å²) in [5.74, 6) is -0.239. The van der Waals surface area contributed by atoms with Crippen molar-refractivity contribution in [2.75, 3.05) is 0 Å². The van der Waals surface area contributed by atoms with Crippen molar-refractivity contribution in [1.82, 2.24) is 0 Å². The first-order valence-corrected chi connectivity index (χ1v) is 6.43. The van der Waals surface area contributed by atoms with Crippen LogP contribution in [0.3, 0.4) is 0 Å². The van der Waals surface area contributed by atoms with Gasteiger partial charge in [0.2, 0.25) is 0 Å². The molecule has 2 rings (SSSR count). The van der Waals surface area contributed by atoms with Gasteiger partial charge in [0, 0.05) is 24.5 Å². The molecule has 5 nitrogen and oxygen atoms in total. The average molecular weight is 272 g/mol. The van der Waals surface area contributed by atoms with E-state index in [0.717, 1.165) is 5.56 Å². The number of Topliss-reactive ketones (excluding diaryl/α,β-unsaturated/α-hetero) is 1. The van der Waals surface area contributed by atoms with Gasteiger partial charge in [0.15, 0.2) is 5.78 Å². The second-order valence-corrected chi connectivity index (χ2v) is 6.20.